The third-order valence-corrected chi connectivity index (χ3v) is 9.71. The van der Waals surface area contributed by atoms with Crippen molar-refractivity contribution >= 4 is 52.2 Å². The molecule has 2 aliphatic heterocycles. The lowest BCUT2D eigenvalue weighted by Crippen LogP contribution is -2.32. The van der Waals surface area contributed by atoms with Crippen LogP contribution < -0.4 is 24.6 Å². The number of ether oxygens (including phenoxy) is 2. The van der Waals surface area contributed by atoms with Crippen LogP contribution in [0.3, 0.4) is 0 Å². The number of aromatic nitrogens is 1. The van der Waals surface area contributed by atoms with E-state index in [0.29, 0.717) is 39.3 Å². The highest BCUT2D eigenvalue weighted by Crippen LogP contribution is 2.53. The number of anilines is 2. The van der Waals surface area contributed by atoms with Gasteiger partial charge in [0.15, 0.2) is 18.1 Å². The van der Waals surface area contributed by atoms with Gasteiger partial charge in [-0.05, 0) is 67.4 Å². The van der Waals surface area contributed by atoms with E-state index in [4.69, 9.17) is 9.47 Å². The maximum Gasteiger partial charge on any atom is 0.305 e. The molecule has 3 heterocycles. The van der Waals surface area contributed by atoms with E-state index in [1.165, 1.54) is 24.3 Å². The van der Waals surface area contributed by atoms with Crippen LogP contribution in [0.4, 0.5) is 15.8 Å². The van der Waals surface area contributed by atoms with Gasteiger partial charge in [0, 0.05) is 16.5 Å². The third-order valence-electron chi connectivity index (χ3n) is 7.31. The van der Waals surface area contributed by atoms with Gasteiger partial charge in [0.25, 0.3) is 5.91 Å². The molecule has 9 nitrogen and oxygen atoms in total. The Hall–Kier alpha value is -4.42. The molecule has 3 amide bonds. The molecule has 1 aromatic heterocycles. The van der Waals surface area contributed by atoms with Crippen LogP contribution >= 0.6 is 23.1 Å². The van der Waals surface area contributed by atoms with E-state index in [2.05, 4.69) is 10.3 Å². The number of thioether (sulfide) groups is 1. The molecular weight excluding hydrogens is 593 g/mol. The van der Waals surface area contributed by atoms with Crippen LogP contribution in [0.2, 0.25) is 0 Å². The van der Waals surface area contributed by atoms with E-state index in [1.807, 2.05) is 32.0 Å². The molecule has 0 saturated carbocycles. The molecule has 0 bridgehead atoms. The quantitative estimate of drug-likeness (QED) is 0.264. The molecule has 0 radical (unpaired) electrons. The van der Waals surface area contributed by atoms with Gasteiger partial charge in [-0.1, -0.05) is 47.4 Å². The number of para-hydroxylation sites is 1. The van der Waals surface area contributed by atoms with Crippen molar-refractivity contribution in [3.8, 4) is 11.5 Å². The van der Waals surface area contributed by atoms with E-state index in [-0.39, 0.29) is 23.1 Å². The number of carbonyl (C=O) groups excluding carboxylic acids is 3. The summed E-state index contributed by atoms with van der Waals surface area (Å²) in [5.41, 5.74) is 2.54. The van der Waals surface area contributed by atoms with Crippen molar-refractivity contribution < 1.29 is 28.2 Å². The molecule has 43 heavy (non-hydrogen) atoms. The molecule has 2 aliphatic rings. The molecular formula is C31H26FN3O6S2. The predicted octanol–water partition coefficient (Wildman–Crippen LogP) is 5.10. The van der Waals surface area contributed by atoms with Crippen LogP contribution in [-0.4, -0.2) is 41.2 Å². The number of nitrogens with zero attached hydrogens (tertiary/aromatic N) is 1. The zero-order chi connectivity index (χ0) is 30.2. The van der Waals surface area contributed by atoms with E-state index in [0.717, 1.165) is 33.6 Å². The fourth-order valence-electron chi connectivity index (χ4n) is 5.37. The van der Waals surface area contributed by atoms with Crippen molar-refractivity contribution in [2.24, 2.45) is 5.92 Å². The van der Waals surface area contributed by atoms with Gasteiger partial charge in [0.05, 0.1) is 23.2 Å². The van der Waals surface area contributed by atoms with Crippen molar-refractivity contribution in [1.82, 2.24) is 4.98 Å². The molecule has 1 fully saturated rings. The van der Waals surface area contributed by atoms with Gasteiger partial charge in [-0.3, -0.25) is 19.2 Å². The Kier molecular flexibility index (Phi) is 7.80. The molecule has 6 rings (SSSR count). The van der Waals surface area contributed by atoms with E-state index >= 15 is 0 Å². The average Bonchev–Trinajstić information content (AvgIpc) is 3.48. The zero-order valence-corrected chi connectivity index (χ0v) is 24.7. The second kappa shape index (κ2) is 11.7. The first-order chi connectivity index (χ1) is 20.7. The van der Waals surface area contributed by atoms with Gasteiger partial charge in [-0.2, -0.15) is 0 Å². The highest BCUT2D eigenvalue weighted by atomic mass is 32.2. The summed E-state index contributed by atoms with van der Waals surface area (Å²) >= 11 is 2.15. The summed E-state index contributed by atoms with van der Waals surface area (Å²) in [6.07, 6.45) is 0. The molecule has 220 valence electrons. The maximum atomic E-state index is 13.9. The fourth-order valence-corrected chi connectivity index (χ4v) is 7.88. The number of benzene rings is 3. The zero-order valence-electron chi connectivity index (χ0n) is 23.1. The minimum atomic E-state index is -0.817. The van der Waals surface area contributed by atoms with E-state index in [1.54, 1.807) is 24.3 Å². The number of halogens is 1. The Balaban J connectivity index is 1.32. The highest BCUT2D eigenvalue weighted by Gasteiger charge is 2.56. The van der Waals surface area contributed by atoms with Crippen LogP contribution in [0.15, 0.2) is 76.6 Å². The molecule has 2 N–H and O–H groups in total. The summed E-state index contributed by atoms with van der Waals surface area (Å²) in [5, 5.41) is 2.57. The highest BCUT2D eigenvalue weighted by molar-refractivity contribution is 8.00. The standard InChI is InChI=1S/C31H26FN3O6S2/c1-3-40-22-14-17(8-13-21(22)41-15-23(36)33-20-7-5-4-6-16(20)2)24-25-27(42-28-26(24)43-31(39)34-28)30(38)35(29(25)37)19-11-9-18(32)10-12-19/h4-14,24-25,27H,3,15H2,1-2H3,(H,33,36)(H,34,39)/t24-,25-,27+/m0/s1. The third kappa shape index (κ3) is 5.43. The first-order valence-electron chi connectivity index (χ1n) is 13.5. The van der Waals surface area contributed by atoms with Gasteiger partial charge in [-0.25, -0.2) is 9.29 Å². The van der Waals surface area contributed by atoms with Gasteiger partial charge in [0.2, 0.25) is 11.8 Å². The Morgan fingerprint density at radius 1 is 1.00 bits per heavy atom. The van der Waals surface area contributed by atoms with Crippen LogP contribution in [0, 0.1) is 18.7 Å². The van der Waals surface area contributed by atoms with Crippen molar-refractivity contribution in [3.63, 3.8) is 0 Å². The molecule has 0 aliphatic carbocycles. The first kappa shape index (κ1) is 28.7. The van der Waals surface area contributed by atoms with Crippen LogP contribution in [-0.2, 0) is 14.4 Å². The topological polar surface area (TPSA) is 118 Å². The summed E-state index contributed by atoms with van der Waals surface area (Å²) in [4.78, 5) is 56.7. The average molecular weight is 620 g/mol. The number of H-pyrrole nitrogens is 1. The van der Waals surface area contributed by atoms with Crippen LogP contribution in [0.1, 0.15) is 28.8 Å². The Morgan fingerprint density at radius 2 is 1.77 bits per heavy atom. The number of nitrogens with one attached hydrogen (secondary N) is 2. The van der Waals surface area contributed by atoms with Crippen LogP contribution in [0.25, 0.3) is 0 Å². The lowest BCUT2D eigenvalue weighted by atomic mass is 9.83. The lowest BCUT2D eigenvalue weighted by Gasteiger charge is -2.30. The number of aromatic amines is 1. The number of carbonyl (C=O) groups is 3. The van der Waals surface area contributed by atoms with Crippen molar-refractivity contribution in [2.75, 3.05) is 23.4 Å². The van der Waals surface area contributed by atoms with Gasteiger partial charge < -0.3 is 19.8 Å². The van der Waals surface area contributed by atoms with Gasteiger partial charge >= 0.3 is 4.87 Å². The Labute approximate surface area is 254 Å². The largest absolute Gasteiger partial charge is 0.490 e. The number of rotatable bonds is 8. The second-order valence-electron chi connectivity index (χ2n) is 10.0. The number of amides is 3. The second-order valence-corrected chi connectivity index (χ2v) is 12.2. The van der Waals surface area contributed by atoms with E-state index in [9.17, 15) is 23.6 Å². The number of imide groups is 1. The van der Waals surface area contributed by atoms with Crippen LogP contribution in [0.5, 0.6) is 11.5 Å². The smallest absolute Gasteiger partial charge is 0.305 e. The number of hydrogen-bond donors (Lipinski definition) is 2. The first-order valence-corrected chi connectivity index (χ1v) is 15.2. The van der Waals surface area contributed by atoms with Gasteiger partial charge in [-0.15, -0.1) is 0 Å². The van der Waals surface area contributed by atoms with Crippen molar-refractivity contribution in [3.05, 3.63) is 98.2 Å². The minimum absolute atomic E-state index is 0.262. The molecule has 0 unspecified atom stereocenters. The van der Waals surface area contributed by atoms with E-state index < -0.39 is 34.7 Å². The lowest BCUT2D eigenvalue weighted by molar-refractivity contribution is -0.122. The summed E-state index contributed by atoms with van der Waals surface area (Å²) < 4.78 is 25.3. The summed E-state index contributed by atoms with van der Waals surface area (Å²) in [7, 11) is 0. The normalized spacial score (nSPS) is 19.1. The molecule has 12 heteroatoms. The number of hydrogen-bond acceptors (Lipinski definition) is 8. The SMILES string of the molecule is CCOc1cc([C@@H]2c3sc(=O)[nH]c3S[C@H]3C(=O)N(c4ccc(F)cc4)C(=O)[C@@H]23)ccc1OCC(=O)Nc1ccccc1C. The number of fused-ring (bicyclic) bond motifs is 2. The summed E-state index contributed by atoms with van der Waals surface area (Å²) in [5.74, 6) is -2.45. The number of thiazole rings is 1. The summed E-state index contributed by atoms with van der Waals surface area (Å²) in [6.45, 7) is 3.75. The minimum Gasteiger partial charge on any atom is -0.490 e. The predicted molar refractivity (Wildman–Crippen MR) is 162 cm³/mol. The fraction of sp³-hybridized carbons (Fsp3) is 0.226. The summed E-state index contributed by atoms with van der Waals surface area (Å²) in [6, 6.07) is 17.7. The van der Waals surface area contributed by atoms with Gasteiger partial charge in [0.1, 0.15) is 11.1 Å². The number of aryl methyl sites for hydroxylation is 1. The maximum absolute atomic E-state index is 13.9. The van der Waals surface area contributed by atoms with Crippen molar-refractivity contribution in [1.29, 1.82) is 0 Å². The molecule has 3 aromatic carbocycles. The molecule has 3 atom stereocenters. The molecule has 1 saturated heterocycles. The molecule has 0 spiro atoms. The van der Waals surface area contributed by atoms with Crippen molar-refractivity contribution in [2.45, 2.75) is 30.0 Å². The molecule has 4 aromatic rings. The Morgan fingerprint density at radius 3 is 2.51 bits per heavy atom. The Bertz CT molecular complexity index is 1790. The monoisotopic (exact) mass is 619 g/mol.